The average molecular weight is 280 g/mol. The number of rotatable bonds is 4. The van der Waals surface area contributed by atoms with Crippen molar-refractivity contribution in [3.63, 3.8) is 0 Å². The standard InChI is InChI=1S/C11H11F3OS2/c1-7(15)3-8-4-9(16-2)6-10(5-8)17-11(12,13)14/h4-6H,3H2,1-2H3. The van der Waals surface area contributed by atoms with E-state index in [2.05, 4.69) is 0 Å². The second-order valence-corrected chi connectivity index (χ2v) is 5.46. The maximum Gasteiger partial charge on any atom is 0.446 e. The molecule has 1 rings (SSSR count). The Kier molecular flexibility index (Phi) is 4.94. The first-order chi connectivity index (χ1) is 7.80. The van der Waals surface area contributed by atoms with Crippen molar-refractivity contribution in [2.45, 2.75) is 28.6 Å². The molecule has 0 atom stereocenters. The first-order valence-electron chi connectivity index (χ1n) is 4.73. The highest BCUT2D eigenvalue weighted by atomic mass is 32.2. The number of halogens is 3. The number of Topliss-reactive ketones (excluding diaryl/α,β-unsaturated/α-hetero) is 1. The van der Waals surface area contributed by atoms with E-state index >= 15 is 0 Å². The van der Waals surface area contributed by atoms with Gasteiger partial charge in [-0.05, 0) is 48.7 Å². The van der Waals surface area contributed by atoms with E-state index in [1.165, 1.54) is 30.8 Å². The smallest absolute Gasteiger partial charge is 0.300 e. The second-order valence-electron chi connectivity index (χ2n) is 3.44. The number of hydrogen-bond donors (Lipinski definition) is 0. The van der Waals surface area contributed by atoms with Crippen LogP contribution in [0.3, 0.4) is 0 Å². The Morgan fingerprint density at radius 3 is 2.29 bits per heavy atom. The zero-order valence-electron chi connectivity index (χ0n) is 9.30. The molecule has 0 radical (unpaired) electrons. The molecule has 0 saturated carbocycles. The van der Waals surface area contributed by atoms with E-state index in [9.17, 15) is 18.0 Å². The molecule has 0 fully saturated rings. The van der Waals surface area contributed by atoms with Gasteiger partial charge in [0, 0.05) is 16.2 Å². The SMILES string of the molecule is CSc1cc(CC(C)=O)cc(SC(F)(F)F)c1. The third kappa shape index (κ3) is 5.50. The number of thioether (sulfide) groups is 2. The van der Waals surface area contributed by atoms with Crippen molar-refractivity contribution >= 4 is 29.3 Å². The molecule has 0 aliphatic carbocycles. The highest BCUT2D eigenvalue weighted by Gasteiger charge is 2.29. The van der Waals surface area contributed by atoms with Crippen LogP contribution in [0, 0.1) is 0 Å². The lowest BCUT2D eigenvalue weighted by Gasteiger charge is -2.09. The van der Waals surface area contributed by atoms with Crippen LogP contribution in [0.2, 0.25) is 0 Å². The van der Waals surface area contributed by atoms with Crippen LogP contribution in [0.15, 0.2) is 28.0 Å². The summed E-state index contributed by atoms with van der Waals surface area (Å²) in [5, 5.41) is 0. The molecular weight excluding hydrogens is 269 g/mol. The summed E-state index contributed by atoms with van der Waals surface area (Å²) in [5.74, 6) is -0.0637. The molecule has 0 saturated heterocycles. The fraction of sp³-hybridized carbons (Fsp3) is 0.364. The molecule has 94 valence electrons. The zero-order valence-corrected chi connectivity index (χ0v) is 10.9. The van der Waals surface area contributed by atoms with Gasteiger partial charge in [-0.1, -0.05) is 0 Å². The molecule has 1 aromatic carbocycles. The number of alkyl halides is 3. The van der Waals surface area contributed by atoms with Gasteiger partial charge in [0.05, 0.1) is 0 Å². The molecule has 0 aromatic heterocycles. The minimum absolute atomic E-state index is 0.0637. The molecule has 1 nitrogen and oxygen atoms in total. The summed E-state index contributed by atoms with van der Waals surface area (Å²) in [5.41, 5.74) is -3.68. The number of benzene rings is 1. The van der Waals surface area contributed by atoms with E-state index in [0.29, 0.717) is 5.56 Å². The van der Waals surface area contributed by atoms with Crippen LogP contribution < -0.4 is 0 Å². The minimum atomic E-state index is -4.30. The number of hydrogen-bond acceptors (Lipinski definition) is 3. The number of ketones is 1. The lowest BCUT2D eigenvalue weighted by molar-refractivity contribution is -0.116. The van der Waals surface area contributed by atoms with E-state index in [-0.39, 0.29) is 28.9 Å². The van der Waals surface area contributed by atoms with Gasteiger partial charge in [0.25, 0.3) is 0 Å². The predicted molar refractivity (Wildman–Crippen MR) is 64.5 cm³/mol. The summed E-state index contributed by atoms with van der Waals surface area (Å²) in [6, 6.07) is 4.64. The van der Waals surface area contributed by atoms with Gasteiger partial charge in [-0.2, -0.15) is 13.2 Å². The lowest BCUT2D eigenvalue weighted by Crippen LogP contribution is -2.01. The Morgan fingerprint density at radius 2 is 1.82 bits per heavy atom. The summed E-state index contributed by atoms with van der Waals surface area (Å²) >= 11 is 1.21. The molecule has 17 heavy (non-hydrogen) atoms. The summed E-state index contributed by atoms with van der Waals surface area (Å²) in [4.78, 5) is 11.8. The molecule has 0 heterocycles. The van der Waals surface area contributed by atoms with Crippen molar-refractivity contribution in [2.75, 3.05) is 6.26 Å². The summed E-state index contributed by atoms with van der Waals surface area (Å²) < 4.78 is 36.8. The average Bonchev–Trinajstić information content (AvgIpc) is 2.13. The van der Waals surface area contributed by atoms with Crippen LogP contribution in [-0.2, 0) is 11.2 Å². The second kappa shape index (κ2) is 5.82. The Balaban J connectivity index is 3.00. The van der Waals surface area contributed by atoms with Gasteiger partial charge in [-0.15, -0.1) is 11.8 Å². The fourth-order valence-electron chi connectivity index (χ4n) is 1.33. The van der Waals surface area contributed by atoms with Crippen LogP contribution in [0.5, 0.6) is 0 Å². The molecule has 0 unspecified atom stereocenters. The topological polar surface area (TPSA) is 17.1 Å². The largest absolute Gasteiger partial charge is 0.446 e. The predicted octanol–water partition coefficient (Wildman–Crippen LogP) is 4.15. The molecule has 0 N–H and O–H groups in total. The normalized spacial score (nSPS) is 11.6. The van der Waals surface area contributed by atoms with Crippen LogP contribution in [0.25, 0.3) is 0 Å². The molecule has 0 spiro atoms. The van der Waals surface area contributed by atoms with Gasteiger partial charge in [0.1, 0.15) is 5.78 Å². The van der Waals surface area contributed by atoms with E-state index < -0.39 is 5.51 Å². The Hall–Kier alpha value is -0.620. The van der Waals surface area contributed by atoms with E-state index in [1.54, 1.807) is 12.3 Å². The van der Waals surface area contributed by atoms with Gasteiger partial charge < -0.3 is 0 Å². The van der Waals surface area contributed by atoms with Crippen molar-refractivity contribution in [2.24, 2.45) is 0 Å². The minimum Gasteiger partial charge on any atom is -0.300 e. The molecule has 0 bridgehead atoms. The van der Waals surface area contributed by atoms with Gasteiger partial charge in [-0.3, -0.25) is 4.79 Å². The first-order valence-corrected chi connectivity index (χ1v) is 6.77. The summed E-state index contributed by atoms with van der Waals surface area (Å²) in [7, 11) is 0. The third-order valence-electron chi connectivity index (χ3n) is 1.86. The fourth-order valence-corrected chi connectivity index (χ4v) is 2.58. The molecule has 1 aromatic rings. The molecule has 0 aliphatic rings. The maximum absolute atomic E-state index is 12.3. The Morgan fingerprint density at radius 1 is 1.24 bits per heavy atom. The molecular formula is C11H11F3OS2. The van der Waals surface area contributed by atoms with E-state index in [4.69, 9.17) is 0 Å². The van der Waals surface area contributed by atoms with Crippen molar-refractivity contribution in [3.8, 4) is 0 Å². The molecule has 0 aliphatic heterocycles. The van der Waals surface area contributed by atoms with Crippen molar-refractivity contribution in [3.05, 3.63) is 23.8 Å². The number of carbonyl (C=O) groups is 1. The molecule has 0 amide bonds. The summed E-state index contributed by atoms with van der Waals surface area (Å²) in [6.07, 6.45) is 1.95. The van der Waals surface area contributed by atoms with Gasteiger partial charge in [0.2, 0.25) is 0 Å². The maximum atomic E-state index is 12.3. The van der Waals surface area contributed by atoms with Crippen LogP contribution in [0.4, 0.5) is 13.2 Å². The highest BCUT2D eigenvalue weighted by Crippen LogP contribution is 2.38. The van der Waals surface area contributed by atoms with Gasteiger partial charge >= 0.3 is 5.51 Å². The quantitative estimate of drug-likeness (QED) is 0.771. The third-order valence-corrected chi connectivity index (χ3v) is 3.27. The van der Waals surface area contributed by atoms with E-state index in [0.717, 1.165) is 4.90 Å². The van der Waals surface area contributed by atoms with Crippen LogP contribution in [0.1, 0.15) is 12.5 Å². The van der Waals surface area contributed by atoms with Crippen LogP contribution >= 0.6 is 23.5 Å². The van der Waals surface area contributed by atoms with Gasteiger partial charge in [0.15, 0.2) is 0 Å². The Bertz CT molecular complexity index is 416. The molecule has 6 heteroatoms. The zero-order chi connectivity index (χ0) is 13.1. The lowest BCUT2D eigenvalue weighted by atomic mass is 10.1. The van der Waals surface area contributed by atoms with E-state index in [1.807, 2.05) is 0 Å². The van der Waals surface area contributed by atoms with Gasteiger partial charge in [-0.25, -0.2) is 0 Å². The highest BCUT2D eigenvalue weighted by molar-refractivity contribution is 8.00. The van der Waals surface area contributed by atoms with Crippen LogP contribution in [-0.4, -0.2) is 17.5 Å². The van der Waals surface area contributed by atoms with Crippen molar-refractivity contribution in [1.29, 1.82) is 0 Å². The van der Waals surface area contributed by atoms with Crippen molar-refractivity contribution in [1.82, 2.24) is 0 Å². The monoisotopic (exact) mass is 280 g/mol. The first kappa shape index (κ1) is 14.4. The number of carbonyl (C=O) groups excluding carboxylic acids is 1. The van der Waals surface area contributed by atoms with Crippen molar-refractivity contribution < 1.29 is 18.0 Å². The Labute approximate surface area is 106 Å². The summed E-state index contributed by atoms with van der Waals surface area (Å²) in [6.45, 7) is 1.42.